The summed E-state index contributed by atoms with van der Waals surface area (Å²) in [5.41, 5.74) is 5.85. The lowest BCUT2D eigenvalue weighted by molar-refractivity contribution is -0.385. The van der Waals surface area contributed by atoms with E-state index in [0.29, 0.717) is 11.1 Å². The molecule has 12 heteroatoms. The van der Waals surface area contributed by atoms with Gasteiger partial charge in [-0.1, -0.05) is 24.3 Å². The quantitative estimate of drug-likeness (QED) is 0.439. The van der Waals surface area contributed by atoms with E-state index in [9.17, 15) is 35.5 Å². The Hall–Kier alpha value is -5.07. The van der Waals surface area contributed by atoms with Crippen molar-refractivity contribution in [2.75, 3.05) is 0 Å². The number of fused-ring (bicyclic) bond motifs is 1. The van der Waals surface area contributed by atoms with E-state index in [0.717, 1.165) is 15.9 Å². The number of aromatic nitrogens is 1. The van der Waals surface area contributed by atoms with Gasteiger partial charge in [0.1, 0.15) is 10.5 Å². The first-order chi connectivity index (χ1) is 16.3. The van der Waals surface area contributed by atoms with Gasteiger partial charge in [-0.15, -0.1) is 11.3 Å². The van der Waals surface area contributed by atoms with Gasteiger partial charge in [0, 0.05) is 24.3 Å². The van der Waals surface area contributed by atoms with Gasteiger partial charge in [0.25, 0.3) is 16.9 Å². The molecule has 2 N–H and O–H groups in total. The number of hydrogen-bond acceptors (Lipinski definition) is 9. The number of nitrogens with zero attached hydrogens (tertiary/aromatic N) is 5. The van der Waals surface area contributed by atoms with Gasteiger partial charge < -0.3 is 5.73 Å². The van der Waals surface area contributed by atoms with Crippen molar-refractivity contribution in [3.05, 3.63) is 105 Å². The summed E-state index contributed by atoms with van der Waals surface area (Å²) in [5.74, 6) is -1.19. The highest BCUT2D eigenvalue weighted by Gasteiger charge is 2.32. The summed E-state index contributed by atoms with van der Waals surface area (Å²) in [6.07, 6.45) is 1.43. The number of non-ortho nitro benzene ring substituents is 2. The van der Waals surface area contributed by atoms with E-state index in [-0.39, 0.29) is 37.5 Å². The number of nitrogens with two attached hydrogens (primary N) is 1. The molecule has 0 saturated heterocycles. The number of allylic oxidation sites excluding steroid dienone is 1. The third kappa shape index (κ3) is 3.60. The minimum absolute atomic E-state index is 0.0343. The van der Waals surface area contributed by atoms with Gasteiger partial charge >= 0.3 is 0 Å². The molecule has 0 aliphatic carbocycles. The second-order valence-electron chi connectivity index (χ2n) is 7.13. The predicted molar refractivity (Wildman–Crippen MR) is 122 cm³/mol. The number of nitro benzene ring substituents is 2. The summed E-state index contributed by atoms with van der Waals surface area (Å²) in [5, 5.41) is 42.0. The topological polar surface area (TPSA) is 182 Å². The van der Waals surface area contributed by atoms with E-state index in [1.807, 2.05) is 12.1 Å². The molecule has 2 aromatic carbocycles. The number of thiazole rings is 1. The van der Waals surface area contributed by atoms with Gasteiger partial charge in [0.15, 0.2) is 0 Å². The van der Waals surface area contributed by atoms with Crippen LogP contribution in [0.1, 0.15) is 17.0 Å². The minimum atomic E-state index is -1.00. The standard InChI is InChI=1S/C22H12N6O5S/c23-10-16-19(13-4-2-6-15(9-13)28(32)33)17(11-24)22-26(20(16)25)21(29)18(34-22)8-12-3-1-5-14(7-12)27(30)31/h1-9,19H,25H2/b18-8+. The zero-order valence-corrected chi connectivity index (χ0v) is 17.9. The second-order valence-corrected chi connectivity index (χ2v) is 8.16. The SMILES string of the molecule is N#CC1=C(N)n2c(s/c(=C/c3cccc([N+](=O)[O-])c3)c2=O)=C(C#N)C1c1cccc([N+](=O)[O-])c1. The molecule has 3 aromatic rings. The first-order valence-electron chi connectivity index (χ1n) is 9.53. The molecule has 0 spiro atoms. The largest absolute Gasteiger partial charge is 0.384 e. The Bertz CT molecular complexity index is 1690. The summed E-state index contributed by atoms with van der Waals surface area (Å²) >= 11 is 0.937. The number of rotatable bonds is 4. The Morgan fingerprint density at radius 3 is 2.24 bits per heavy atom. The summed E-state index contributed by atoms with van der Waals surface area (Å²) in [4.78, 5) is 34.3. The van der Waals surface area contributed by atoms with Crippen LogP contribution in [-0.4, -0.2) is 14.4 Å². The molecule has 0 fully saturated rings. The van der Waals surface area contributed by atoms with E-state index in [1.54, 1.807) is 6.07 Å². The normalized spacial score (nSPS) is 15.4. The Balaban J connectivity index is 2.02. The van der Waals surface area contributed by atoms with Gasteiger partial charge in [0.2, 0.25) is 0 Å². The van der Waals surface area contributed by atoms with Crippen LogP contribution in [0.4, 0.5) is 11.4 Å². The van der Waals surface area contributed by atoms with Crippen molar-refractivity contribution in [3.8, 4) is 12.1 Å². The molecular weight excluding hydrogens is 460 g/mol. The molecule has 34 heavy (non-hydrogen) atoms. The van der Waals surface area contributed by atoms with Crippen LogP contribution in [0.15, 0.2) is 58.9 Å². The Kier molecular flexibility index (Phi) is 5.51. The predicted octanol–water partition coefficient (Wildman–Crippen LogP) is 1.68. The third-order valence-corrected chi connectivity index (χ3v) is 6.29. The van der Waals surface area contributed by atoms with Crippen LogP contribution in [0.25, 0.3) is 17.5 Å². The molecule has 1 atom stereocenters. The molecule has 1 aliphatic rings. The van der Waals surface area contributed by atoms with Gasteiger partial charge in [-0.05, 0) is 17.2 Å². The monoisotopic (exact) mass is 472 g/mol. The first kappa shape index (κ1) is 22.1. The summed E-state index contributed by atoms with van der Waals surface area (Å²) in [7, 11) is 0. The van der Waals surface area contributed by atoms with Crippen LogP contribution >= 0.6 is 11.3 Å². The lowest BCUT2D eigenvalue weighted by Gasteiger charge is -2.22. The highest BCUT2D eigenvalue weighted by Crippen LogP contribution is 2.36. The maximum atomic E-state index is 13.1. The van der Waals surface area contributed by atoms with Crippen molar-refractivity contribution in [2.24, 2.45) is 5.73 Å². The fraction of sp³-hybridized carbons (Fsp3) is 0.0455. The molecule has 1 unspecified atom stereocenters. The van der Waals surface area contributed by atoms with Gasteiger partial charge in [-0.3, -0.25) is 29.6 Å². The molecule has 2 heterocycles. The smallest absolute Gasteiger partial charge is 0.274 e. The Labute approximate surface area is 194 Å². The van der Waals surface area contributed by atoms with Crippen LogP contribution < -0.4 is 20.5 Å². The molecule has 1 aromatic heterocycles. The number of benzene rings is 2. The van der Waals surface area contributed by atoms with E-state index >= 15 is 0 Å². The van der Waals surface area contributed by atoms with Gasteiger partial charge in [-0.2, -0.15) is 10.5 Å². The van der Waals surface area contributed by atoms with Crippen LogP contribution in [0.3, 0.4) is 0 Å². The van der Waals surface area contributed by atoms with Crippen molar-refractivity contribution >= 4 is 40.2 Å². The fourth-order valence-corrected chi connectivity index (χ4v) is 4.81. The van der Waals surface area contributed by atoms with Gasteiger partial charge in [0.05, 0.1) is 43.6 Å². The molecule has 0 radical (unpaired) electrons. The average Bonchev–Trinajstić information content (AvgIpc) is 3.15. The first-order valence-corrected chi connectivity index (χ1v) is 10.3. The number of nitriles is 2. The highest BCUT2D eigenvalue weighted by atomic mass is 32.1. The average molecular weight is 472 g/mol. The maximum absolute atomic E-state index is 13.1. The van der Waals surface area contributed by atoms with E-state index in [1.165, 1.54) is 48.5 Å². The molecule has 0 saturated carbocycles. The molecule has 4 rings (SSSR count). The molecular formula is C22H12N6O5S. The van der Waals surface area contributed by atoms with Crippen LogP contribution in [0.2, 0.25) is 0 Å². The molecule has 0 amide bonds. The minimum Gasteiger partial charge on any atom is -0.384 e. The third-order valence-electron chi connectivity index (χ3n) is 5.18. The fourth-order valence-electron chi connectivity index (χ4n) is 3.68. The van der Waals surface area contributed by atoms with Gasteiger partial charge in [-0.25, -0.2) is 0 Å². The lowest BCUT2D eigenvalue weighted by Crippen LogP contribution is -2.38. The number of nitro groups is 2. The van der Waals surface area contributed by atoms with Crippen LogP contribution in [0.5, 0.6) is 0 Å². The van der Waals surface area contributed by atoms with Crippen LogP contribution in [-0.2, 0) is 0 Å². The number of hydrogen-bond donors (Lipinski definition) is 1. The maximum Gasteiger partial charge on any atom is 0.274 e. The Morgan fingerprint density at radius 2 is 1.62 bits per heavy atom. The van der Waals surface area contributed by atoms with Crippen LogP contribution in [0, 0.1) is 42.9 Å². The van der Waals surface area contributed by atoms with Crippen molar-refractivity contribution in [1.29, 1.82) is 10.5 Å². The molecule has 166 valence electrons. The molecule has 0 bridgehead atoms. The van der Waals surface area contributed by atoms with E-state index in [4.69, 9.17) is 5.73 Å². The summed E-state index contributed by atoms with van der Waals surface area (Å²) in [6.45, 7) is 0. The summed E-state index contributed by atoms with van der Waals surface area (Å²) < 4.78 is 1.37. The van der Waals surface area contributed by atoms with Crippen molar-refractivity contribution in [3.63, 3.8) is 0 Å². The zero-order valence-electron chi connectivity index (χ0n) is 17.0. The molecule has 1 aliphatic heterocycles. The Morgan fingerprint density at radius 1 is 1.00 bits per heavy atom. The van der Waals surface area contributed by atoms with E-state index < -0.39 is 21.3 Å². The molecule has 11 nitrogen and oxygen atoms in total. The highest BCUT2D eigenvalue weighted by molar-refractivity contribution is 7.07. The van der Waals surface area contributed by atoms with Crippen molar-refractivity contribution < 1.29 is 9.85 Å². The van der Waals surface area contributed by atoms with E-state index in [2.05, 4.69) is 0 Å². The lowest BCUT2D eigenvalue weighted by atomic mass is 9.84. The summed E-state index contributed by atoms with van der Waals surface area (Å²) in [6, 6.07) is 15.1. The second kappa shape index (κ2) is 8.46. The zero-order chi connectivity index (χ0) is 24.6. The van der Waals surface area contributed by atoms with Crippen molar-refractivity contribution in [2.45, 2.75) is 5.92 Å². The van der Waals surface area contributed by atoms with Crippen molar-refractivity contribution in [1.82, 2.24) is 4.57 Å².